The summed E-state index contributed by atoms with van der Waals surface area (Å²) in [6, 6.07) is 21.9. The van der Waals surface area contributed by atoms with Crippen molar-refractivity contribution in [2.45, 2.75) is 45.1 Å². The van der Waals surface area contributed by atoms with Gasteiger partial charge in [0.15, 0.2) is 5.78 Å². The van der Waals surface area contributed by atoms with E-state index in [0.717, 1.165) is 41.0 Å². The maximum absolute atomic E-state index is 13.9. The summed E-state index contributed by atoms with van der Waals surface area (Å²) in [7, 11) is 1.94. The van der Waals surface area contributed by atoms with Crippen molar-refractivity contribution in [3.8, 4) is 0 Å². The van der Waals surface area contributed by atoms with Crippen LogP contribution in [0.2, 0.25) is 0 Å². The molecule has 0 radical (unpaired) electrons. The van der Waals surface area contributed by atoms with Gasteiger partial charge in [-0.25, -0.2) is 4.98 Å². The lowest BCUT2D eigenvalue weighted by atomic mass is 9.80. The zero-order chi connectivity index (χ0) is 35.0. The van der Waals surface area contributed by atoms with Gasteiger partial charge in [0.2, 0.25) is 5.91 Å². The number of aromatic nitrogens is 2. The van der Waals surface area contributed by atoms with E-state index in [-0.39, 0.29) is 49.6 Å². The van der Waals surface area contributed by atoms with Crippen molar-refractivity contribution < 1.29 is 23.9 Å². The van der Waals surface area contributed by atoms with Gasteiger partial charge in [0.1, 0.15) is 18.1 Å². The Bertz CT molecular complexity index is 1830. The monoisotopic (exact) mass is 665 g/mol. The molecular formula is C37H43N7O5. The standard InChI is InChI=1S/C37H43N7O5/c1-4-49-33(46)21-29(45)22-39-24-37(2,36(48)44-18-8-9-19-44)27-14-17-31-30(20-27)41-32(43(31)3)23-40-28-15-12-25(13-16-28)34(38)42-35(47)26-10-6-5-7-11-26/h5-7,10-17,20,39-40H,4,8-9,18-19,21-24H2,1-3H3,(H2,38,42,47). The molecule has 5 rings (SSSR count). The molecule has 1 unspecified atom stereocenters. The Morgan fingerprint density at radius 3 is 2.37 bits per heavy atom. The van der Waals surface area contributed by atoms with Crippen LogP contribution in [0.3, 0.4) is 0 Å². The molecule has 1 atom stereocenters. The molecule has 0 bridgehead atoms. The van der Waals surface area contributed by atoms with Crippen LogP contribution in [0, 0.1) is 5.41 Å². The summed E-state index contributed by atoms with van der Waals surface area (Å²) < 4.78 is 6.89. The van der Waals surface area contributed by atoms with Gasteiger partial charge in [0.25, 0.3) is 5.91 Å². The van der Waals surface area contributed by atoms with Crippen LogP contribution in [0.4, 0.5) is 5.69 Å². The number of hydrogen-bond acceptors (Lipinski definition) is 9. The topological polar surface area (TPSA) is 159 Å². The second-order valence-electron chi connectivity index (χ2n) is 12.4. The highest BCUT2D eigenvalue weighted by Gasteiger charge is 2.39. The number of ketones is 1. The largest absolute Gasteiger partial charge is 0.466 e. The van der Waals surface area contributed by atoms with E-state index in [9.17, 15) is 19.2 Å². The lowest BCUT2D eigenvalue weighted by molar-refractivity contribution is -0.145. The first-order valence-electron chi connectivity index (χ1n) is 16.5. The molecule has 12 nitrogen and oxygen atoms in total. The predicted octanol–water partition coefficient (Wildman–Crippen LogP) is 3.93. The number of hydrogen-bond donors (Lipinski definition) is 4. The number of ether oxygens (including phenoxy) is 1. The first-order chi connectivity index (χ1) is 23.6. The fraction of sp³-hybridized carbons (Fsp3) is 0.351. The molecule has 0 aliphatic carbocycles. The summed E-state index contributed by atoms with van der Waals surface area (Å²) in [6.45, 7) is 5.78. The van der Waals surface area contributed by atoms with Gasteiger partial charge in [-0.1, -0.05) is 24.3 Å². The highest BCUT2D eigenvalue weighted by molar-refractivity contribution is 6.11. The van der Waals surface area contributed by atoms with Gasteiger partial charge in [0, 0.05) is 43.5 Å². The van der Waals surface area contributed by atoms with E-state index in [1.54, 1.807) is 43.3 Å². The molecule has 4 aromatic rings. The molecule has 1 aromatic heterocycles. The van der Waals surface area contributed by atoms with Gasteiger partial charge >= 0.3 is 5.97 Å². The molecule has 1 fully saturated rings. The third-order valence-corrected chi connectivity index (χ3v) is 8.82. The van der Waals surface area contributed by atoms with Crippen LogP contribution >= 0.6 is 0 Å². The molecule has 49 heavy (non-hydrogen) atoms. The number of rotatable bonds is 14. The number of amides is 2. The summed E-state index contributed by atoms with van der Waals surface area (Å²) in [6.07, 6.45) is 1.60. The number of esters is 1. The number of anilines is 1. The third-order valence-electron chi connectivity index (χ3n) is 8.82. The van der Waals surface area contributed by atoms with Gasteiger partial charge in [-0.05, 0) is 80.8 Å². The number of nitrogens with one attached hydrogen (secondary N) is 4. The van der Waals surface area contributed by atoms with Gasteiger partial charge in [0.05, 0.1) is 36.1 Å². The number of amidine groups is 1. The molecule has 1 saturated heterocycles. The molecule has 0 spiro atoms. The van der Waals surface area contributed by atoms with E-state index in [2.05, 4.69) is 16.0 Å². The second-order valence-corrected chi connectivity index (χ2v) is 12.4. The van der Waals surface area contributed by atoms with Crippen LogP contribution in [0.5, 0.6) is 0 Å². The van der Waals surface area contributed by atoms with Crippen molar-refractivity contribution in [1.29, 1.82) is 5.41 Å². The first-order valence-corrected chi connectivity index (χ1v) is 16.5. The molecule has 1 aliphatic rings. The maximum Gasteiger partial charge on any atom is 0.313 e. The molecular weight excluding hydrogens is 622 g/mol. The summed E-state index contributed by atoms with van der Waals surface area (Å²) in [5.74, 6) is -0.401. The van der Waals surface area contributed by atoms with E-state index < -0.39 is 11.4 Å². The van der Waals surface area contributed by atoms with Crippen molar-refractivity contribution in [3.05, 3.63) is 95.3 Å². The lowest BCUT2D eigenvalue weighted by Crippen LogP contribution is -2.50. The Hall–Kier alpha value is -5.36. The number of Topliss-reactive ketones (excluding diaryl/α,β-unsaturated/α-hetero) is 1. The van der Waals surface area contributed by atoms with E-state index in [0.29, 0.717) is 30.8 Å². The minimum Gasteiger partial charge on any atom is -0.466 e. The summed E-state index contributed by atoms with van der Waals surface area (Å²) >= 11 is 0. The van der Waals surface area contributed by atoms with Gasteiger partial charge < -0.3 is 30.2 Å². The number of nitrogens with zero attached hydrogens (tertiary/aromatic N) is 3. The maximum atomic E-state index is 13.9. The minimum absolute atomic E-state index is 0.0105. The fourth-order valence-corrected chi connectivity index (χ4v) is 5.99. The Labute approximate surface area is 285 Å². The van der Waals surface area contributed by atoms with Crippen LogP contribution in [0.1, 0.15) is 60.4 Å². The molecule has 0 saturated carbocycles. The zero-order valence-electron chi connectivity index (χ0n) is 28.2. The molecule has 12 heteroatoms. The molecule has 256 valence electrons. The van der Waals surface area contributed by atoms with Crippen molar-refractivity contribution in [2.24, 2.45) is 7.05 Å². The lowest BCUT2D eigenvalue weighted by Gasteiger charge is -2.33. The number of imidazole rings is 1. The average molecular weight is 666 g/mol. The van der Waals surface area contributed by atoms with E-state index in [1.165, 1.54) is 0 Å². The Balaban J connectivity index is 1.26. The second kappa shape index (κ2) is 15.7. The summed E-state index contributed by atoms with van der Waals surface area (Å²) in [5.41, 5.74) is 3.37. The summed E-state index contributed by atoms with van der Waals surface area (Å²) in [5, 5.41) is 17.5. The van der Waals surface area contributed by atoms with Crippen LogP contribution in [0.15, 0.2) is 72.8 Å². The zero-order valence-corrected chi connectivity index (χ0v) is 28.2. The Morgan fingerprint density at radius 2 is 1.67 bits per heavy atom. The van der Waals surface area contributed by atoms with Crippen LogP contribution < -0.4 is 16.0 Å². The quantitative estimate of drug-likeness (QED) is 0.0683. The highest BCUT2D eigenvalue weighted by atomic mass is 16.5. The molecule has 3 aromatic carbocycles. The molecule has 2 heterocycles. The van der Waals surface area contributed by atoms with E-state index in [4.69, 9.17) is 15.1 Å². The molecule has 1 aliphatic heterocycles. The number of aryl methyl sites for hydroxylation is 1. The number of likely N-dealkylation sites (tertiary alicyclic amines) is 1. The van der Waals surface area contributed by atoms with Crippen LogP contribution in [-0.4, -0.2) is 76.6 Å². The number of fused-ring (bicyclic) bond motifs is 1. The van der Waals surface area contributed by atoms with Crippen LogP contribution in [0.25, 0.3) is 11.0 Å². The first kappa shape index (κ1) is 35.0. The van der Waals surface area contributed by atoms with Crippen molar-refractivity contribution in [2.75, 3.05) is 38.1 Å². The normalized spacial score (nSPS) is 13.9. The van der Waals surface area contributed by atoms with Gasteiger partial charge in [-0.3, -0.25) is 24.6 Å². The summed E-state index contributed by atoms with van der Waals surface area (Å²) in [4.78, 5) is 57.2. The van der Waals surface area contributed by atoms with Crippen molar-refractivity contribution >= 4 is 46.1 Å². The highest BCUT2D eigenvalue weighted by Crippen LogP contribution is 2.30. The molecule has 2 amide bonds. The van der Waals surface area contributed by atoms with Gasteiger partial charge in [-0.2, -0.15) is 0 Å². The smallest absolute Gasteiger partial charge is 0.313 e. The van der Waals surface area contributed by atoms with Gasteiger partial charge in [-0.15, -0.1) is 0 Å². The van der Waals surface area contributed by atoms with Crippen LogP contribution in [-0.2, 0) is 38.1 Å². The molecule has 4 N–H and O–H groups in total. The fourth-order valence-electron chi connectivity index (χ4n) is 5.99. The van der Waals surface area contributed by atoms with Crippen molar-refractivity contribution in [3.63, 3.8) is 0 Å². The Kier molecular flexibility index (Phi) is 11.2. The van der Waals surface area contributed by atoms with E-state index >= 15 is 0 Å². The van der Waals surface area contributed by atoms with E-state index in [1.807, 2.05) is 59.8 Å². The number of benzene rings is 3. The number of carbonyl (C=O) groups excluding carboxylic acids is 4. The minimum atomic E-state index is -0.964. The predicted molar refractivity (Wildman–Crippen MR) is 188 cm³/mol. The average Bonchev–Trinajstić information content (AvgIpc) is 3.75. The SMILES string of the molecule is CCOC(=O)CC(=O)CNCC(C)(C(=O)N1CCCC1)c1ccc2c(c1)nc(CNc1ccc(C(=N)NC(=O)c3ccccc3)cc1)n2C. The third kappa shape index (κ3) is 8.39. The Morgan fingerprint density at radius 1 is 0.959 bits per heavy atom. The number of carbonyl (C=O) groups is 4. The van der Waals surface area contributed by atoms with Crippen molar-refractivity contribution in [1.82, 2.24) is 25.1 Å².